The van der Waals surface area contributed by atoms with Gasteiger partial charge in [-0.2, -0.15) is 0 Å². The summed E-state index contributed by atoms with van der Waals surface area (Å²) in [5.41, 5.74) is 1.65. The Morgan fingerprint density at radius 3 is 2.44 bits per heavy atom. The first-order valence-corrected chi connectivity index (χ1v) is 8.97. The minimum absolute atomic E-state index is 0.0723. The van der Waals surface area contributed by atoms with Crippen LogP contribution < -0.4 is 10.7 Å². The van der Waals surface area contributed by atoms with Crippen LogP contribution in [0, 0.1) is 12.8 Å². The van der Waals surface area contributed by atoms with Crippen LogP contribution in [0.5, 0.6) is 0 Å². The van der Waals surface area contributed by atoms with E-state index in [1.807, 2.05) is 44.2 Å². The van der Waals surface area contributed by atoms with Crippen molar-refractivity contribution in [2.45, 2.75) is 26.8 Å². The highest BCUT2D eigenvalue weighted by Gasteiger charge is 2.21. The molecule has 0 bridgehead atoms. The molecule has 0 aliphatic carbocycles. The molecule has 140 valence electrons. The van der Waals surface area contributed by atoms with Crippen LogP contribution in [0.3, 0.4) is 0 Å². The summed E-state index contributed by atoms with van der Waals surface area (Å²) in [7, 11) is 0. The summed E-state index contributed by atoms with van der Waals surface area (Å²) in [5.74, 6) is 0.151. The molecule has 1 amide bonds. The summed E-state index contributed by atoms with van der Waals surface area (Å²) in [6, 6.07) is 13.9. The standard InChI is InChI=1S/C22H23NO4/c1-13(2)18(12-24)23-22(26)17-11-7-10-16-19(25)14(3)20(27-21(16)17)15-8-5-4-6-9-15/h4-11,13,18,24H,12H2,1-3H3,(H,23,26)/t18-/m1/s1. The van der Waals surface area contributed by atoms with Gasteiger partial charge in [0.15, 0.2) is 11.0 Å². The molecule has 1 heterocycles. The molecule has 2 aromatic carbocycles. The van der Waals surface area contributed by atoms with Crippen molar-refractivity contribution in [1.82, 2.24) is 5.32 Å². The molecule has 2 N–H and O–H groups in total. The minimum atomic E-state index is -0.376. The zero-order valence-electron chi connectivity index (χ0n) is 15.7. The van der Waals surface area contributed by atoms with Crippen LogP contribution >= 0.6 is 0 Å². The van der Waals surface area contributed by atoms with Crippen molar-refractivity contribution in [1.29, 1.82) is 0 Å². The number of fused-ring (bicyclic) bond motifs is 1. The molecule has 1 atom stereocenters. The Labute approximate surface area is 157 Å². The molecular weight excluding hydrogens is 342 g/mol. The van der Waals surface area contributed by atoms with E-state index in [0.717, 1.165) is 5.56 Å². The lowest BCUT2D eigenvalue weighted by Gasteiger charge is -2.20. The number of aliphatic hydroxyl groups excluding tert-OH is 1. The van der Waals surface area contributed by atoms with Crippen molar-refractivity contribution < 1.29 is 14.3 Å². The fourth-order valence-corrected chi connectivity index (χ4v) is 3.02. The number of nitrogens with one attached hydrogen (secondary N) is 1. The van der Waals surface area contributed by atoms with Crippen LogP contribution in [0.1, 0.15) is 29.8 Å². The maximum absolute atomic E-state index is 12.9. The van der Waals surface area contributed by atoms with E-state index in [1.54, 1.807) is 25.1 Å². The van der Waals surface area contributed by atoms with Crippen LogP contribution in [0.4, 0.5) is 0 Å². The van der Waals surface area contributed by atoms with Crippen LogP contribution in [0.15, 0.2) is 57.7 Å². The zero-order valence-corrected chi connectivity index (χ0v) is 15.7. The summed E-state index contributed by atoms with van der Waals surface area (Å²) in [4.78, 5) is 25.6. The lowest BCUT2D eigenvalue weighted by molar-refractivity contribution is 0.0897. The fourth-order valence-electron chi connectivity index (χ4n) is 3.02. The molecule has 27 heavy (non-hydrogen) atoms. The smallest absolute Gasteiger partial charge is 0.255 e. The van der Waals surface area contributed by atoms with Crippen molar-refractivity contribution in [2.24, 2.45) is 5.92 Å². The third-order valence-corrected chi connectivity index (χ3v) is 4.74. The predicted molar refractivity (Wildman–Crippen MR) is 106 cm³/mol. The Hall–Kier alpha value is -2.92. The average Bonchev–Trinajstić information content (AvgIpc) is 2.68. The average molecular weight is 365 g/mol. The Kier molecular flexibility index (Phi) is 5.42. The molecule has 0 saturated carbocycles. The first-order chi connectivity index (χ1) is 12.9. The molecule has 0 fully saturated rings. The Morgan fingerprint density at radius 2 is 1.81 bits per heavy atom. The lowest BCUT2D eigenvalue weighted by atomic mass is 10.0. The monoisotopic (exact) mass is 365 g/mol. The van der Waals surface area contributed by atoms with Gasteiger partial charge in [-0.1, -0.05) is 50.2 Å². The largest absolute Gasteiger partial charge is 0.455 e. The number of hydrogen-bond acceptors (Lipinski definition) is 4. The summed E-state index contributed by atoms with van der Waals surface area (Å²) < 4.78 is 6.06. The second-order valence-corrected chi connectivity index (χ2v) is 6.94. The van der Waals surface area contributed by atoms with E-state index in [1.165, 1.54) is 0 Å². The molecule has 0 radical (unpaired) electrons. The number of benzene rings is 2. The summed E-state index contributed by atoms with van der Waals surface area (Å²) in [6.07, 6.45) is 0. The molecular formula is C22H23NO4. The predicted octanol–water partition coefficient (Wildman–Crippen LogP) is 3.52. The molecule has 0 spiro atoms. The second kappa shape index (κ2) is 7.76. The number of carbonyl (C=O) groups is 1. The summed E-state index contributed by atoms with van der Waals surface area (Å²) in [5, 5.41) is 12.7. The lowest BCUT2D eigenvalue weighted by Crippen LogP contribution is -2.41. The minimum Gasteiger partial charge on any atom is -0.455 e. The van der Waals surface area contributed by atoms with Gasteiger partial charge in [-0.15, -0.1) is 0 Å². The van der Waals surface area contributed by atoms with Crippen LogP contribution in [-0.2, 0) is 0 Å². The van der Waals surface area contributed by atoms with Crippen molar-refractivity contribution in [2.75, 3.05) is 6.61 Å². The van der Waals surface area contributed by atoms with E-state index in [0.29, 0.717) is 16.7 Å². The van der Waals surface area contributed by atoms with Gasteiger partial charge in [-0.05, 0) is 25.0 Å². The quantitative estimate of drug-likeness (QED) is 0.725. The van der Waals surface area contributed by atoms with Crippen LogP contribution in [-0.4, -0.2) is 23.7 Å². The van der Waals surface area contributed by atoms with Crippen molar-refractivity contribution in [3.05, 3.63) is 69.9 Å². The molecule has 3 rings (SSSR count). The molecule has 0 saturated heterocycles. The summed E-state index contributed by atoms with van der Waals surface area (Å²) >= 11 is 0. The highest BCUT2D eigenvalue weighted by Crippen LogP contribution is 2.27. The fraction of sp³-hybridized carbons (Fsp3) is 0.273. The first kappa shape index (κ1) is 18.9. The number of amides is 1. The van der Waals surface area contributed by atoms with Crippen molar-refractivity contribution in [3.8, 4) is 11.3 Å². The topological polar surface area (TPSA) is 79.5 Å². The highest BCUT2D eigenvalue weighted by atomic mass is 16.3. The molecule has 0 unspecified atom stereocenters. The molecule has 5 heteroatoms. The SMILES string of the molecule is Cc1c(-c2ccccc2)oc2c(C(=O)N[C@H](CO)C(C)C)cccc2c1=O. The normalized spacial score (nSPS) is 12.3. The van der Waals surface area contributed by atoms with Gasteiger partial charge in [0.05, 0.1) is 23.6 Å². The van der Waals surface area contributed by atoms with E-state index in [-0.39, 0.29) is 41.0 Å². The number of aliphatic hydroxyl groups is 1. The van der Waals surface area contributed by atoms with Crippen LogP contribution in [0.25, 0.3) is 22.3 Å². The van der Waals surface area contributed by atoms with E-state index in [9.17, 15) is 14.7 Å². The third-order valence-electron chi connectivity index (χ3n) is 4.74. The number of para-hydroxylation sites is 1. The third kappa shape index (κ3) is 3.64. The second-order valence-electron chi connectivity index (χ2n) is 6.94. The highest BCUT2D eigenvalue weighted by molar-refractivity contribution is 6.05. The van der Waals surface area contributed by atoms with Gasteiger partial charge >= 0.3 is 0 Å². The van der Waals surface area contributed by atoms with Gasteiger partial charge < -0.3 is 14.8 Å². The van der Waals surface area contributed by atoms with Gasteiger partial charge in [-0.25, -0.2) is 0 Å². The van der Waals surface area contributed by atoms with Crippen molar-refractivity contribution >= 4 is 16.9 Å². The Balaban J connectivity index is 2.16. The van der Waals surface area contributed by atoms with Crippen LogP contribution in [0.2, 0.25) is 0 Å². The molecule has 1 aromatic heterocycles. The van der Waals surface area contributed by atoms with E-state index < -0.39 is 0 Å². The Morgan fingerprint density at radius 1 is 1.11 bits per heavy atom. The van der Waals surface area contributed by atoms with Gasteiger partial charge in [0.1, 0.15) is 5.76 Å². The number of hydrogen-bond donors (Lipinski definition) is 2. The zero-order chi connectivity index (χ0) is 19.6. The number of carbonyl (C=O) groups excluding carboxylic acids is 1. The molecule has 0 aliphatic rings. The van der Waals surface area contributed by atoms with Crippen molar-refractivity contribution in [3.63, 3.8) is 0 Å². The van der Waals surface area contributed by atoms with E-state index >= 15 is 0 Å². The Bertz CT molecular complexity index is 1020. The molecule has 0 aliphatic heterocycles. The van der Waals surface area contributed by atoms with Gasteiger partial charge in [-0.3, -0.25) is 9.59 Å². The number of rotatable bonds is 5. The summed E-state index contributed by atoms with van der Waals surface area (Å²) in [6.45, 7) is 5.40. The van der Waals surface area contributed by atoms with Gasteiger partial charge in [0, 0.05) is 11.1 Å². The van der Waals surface area contributed by atoms with E-state index in [4.69, 9.17) is 4.42 Å². The molecule has 5 nitrogen and oxygen atoms in total. The molecule has 3 aromatic rings. The first-order valence-electron chi connectivity index (χ1n) is 8.97. The maximum Gasteiger partial charge on any atom is 0.255 e. The van der Waals surface area contributed by atoms with Gasteiger partial charge in [0.2, 0.25) is 0 Å². The van der Waals surface area contributed by atoms with Gasteiger partial charge in [0.25, 0.3) is 5.91 Å². The maximum atomic E-state index is 12.9. The van der Waals surface area contributed by atoms with E-state index in [2.05, 4.69) is 5.32 Å².